The average Bonchev–Trinajstić information content (AvgIpc) is 2.37. The average molecular weight is 280 g/mol. The van der Waals surface area contributed by atoms with Crippen molar-refractivity contribution < 1.29 is 19.4 Å². The van der Waals surface area contributed by atoms with E-state index in [1.807, 2.05) is 18.7 Å². The Morgan fingerprint density at radius 2 is 2.00 bits per heavy atom. The van der Waals surface area contributed by atoms with Crippen LogP contribution in [0, 0.1) is 0 Å². The predicted molar refractivity (Wildman–Crippen MR) is 74.8 cm³/mol. The number of carboxylic acid groups (broad SMARTS) is 1. The number of nitrogens with two attached hydrogens (primary N) is 1. The van der Waals surface area contributed by atoms with E-state index in [4.69, 9.17) is 15.6 Å². The van der Waals surface area contributed by atoms with Crippen molar-refractivity contribution in [3.63, 3.8) is 0 Å². The van der Waals surface area contributed by atoms with Crippen molar-refractivity contribution >= 4 is 11.9 Å². The van der Waals surface area contributed by atoms with Gasteiger partial charge in [-0.25, -0.2) is 4.79 Å². The van der Waals surface area contributed by atoms with E-state index < -0.39 is 11.9 Å². The molecule has 0 unspecified atom stereocenters. The van der Waals surface area contributed by atoms with Crippen molar-refractivity contribution in [2.45, 2.75) is 19.9 Å². The number of benzene rings is 1. The molecule has 6 nitrogen and oxygen atoms in total. The summed E-state index contributed by atoms with van der Waals surface area (Å²) in [6.07, 6.45) is 0. The lowest BCUT2D eigenvalue weighted by Gasteiger charge is -2.24. The van der Waals surface area contributed by atoms with Gasteiger partial charge in [0.05, 0.1) is 6.54 Å². The summed E-state index contributed by atoms with van der Waals surface area (Å²) in [7, 11) is 0. The molecule has 0 bridgehead atoms. The largest absolute Gasteiger partial charge is 0.491 e. The molecule has 110 valence electrons. The summed E-state index contributed by atoms with van der Waals surface area (Å²) >= 11 is 0. The highest BCUT2D eigenvalue weighted by Gasteiger charge is 2.14. The SMILES string of the molecule is CC(C)N(CCOc1ccccc1C(=O)O)CC(N)=O. The van der Waals surface area contributed by atoms with Gasteiger partial charge in [0.25, 0.3) is 0 Å². The molecule has 20 heavy (non-hydrogen) atoms. The molecule has 0 aliphatic carbocycles. The molecule has 0 aromatic heterocycles. The quantitative estimate of drug-likeness (QED) is 0.740. The molecule has 0 heterocycles. The summed E-state index contributed by atoms with van der Waals surface area (Å²) in [6.45, 7) is 4.84. The number of nitrogens with zero attached hydrogens (tertiary/aromatic N) is 1. The zero-order valence-corrected chi connectivity index (χ0v) is 11.7. The third-order valence-electron chi connectivity index (χ3n) is 2.84. The van der Waals surface area contributed by atoms with Crippen LogP contribution in [0.2, 0.25) is 0 Å². The molecule has 0 spiro atoms. The number of primary amides is 1. The van der Waals surface area contributed by atoms with Crippen LogP contribution in [0.4, 0.5) is 0 Å². The second-order valence-corrected chi connectivity index (χ2v) is 4.68. The van der Waals surface area contributed by atoms with E-state index in [9.17, 15) is 9.59 Å². The summed E-state index contributed by atoms with van der Waals surface area (Å²) in [5.41, 5.74) is 5.30. The molecule has 0 fully saturated rings. The Hall–Kier alpha value is -2.08. The van der Waals surface area contributed by atoms with E-state index in [-0.39, 0.29) is 24.8 Å². The lowest BCUT2D eigenvalue weighted by atomic mass is 10.2. The number of rotatable bonds is 8. The maximum atomic E-state index is 11.0. The Kier molecular flexibility index (Phi) is 5.99. The molecular weight excluding hydrogens is 260 g/mol. The van der Waals surface area contributed by atoms with E-state index in [1.165, 1.54) is 6.07 Å². The molecule has 1 amide bonds. The number of aromatic carboxylic acids is 1. The first-order chi connectivity index (χ1) is 9.41. The van der Waals surface area contributed by atoms with Crippen molar-refractivity contribution in [1.82, 2.24) is 4.90 Å². The molecule has 0 aliphatic rings. The number of amides is 1. The van der Waals surface area contributed by atoms with Gasteiger partial charge in [-0.3, -0.25) is 9.69 Å². The molecule has 0 atom stereocenters. The Bertz CT molecular complexity index is 474. The van der Waals surface area contributed by atoms with E-state index in [0.29, 0.717) is 12.3 Å². The third kappa shape index (κ3) is 4.89. The van der Waals surface area contributed by atoms with E-state index in [0.717, 1.165) is 0 Å². The molecule has 3 N–H and O–H groups in total. The zero-order valence-electron chi connectivity index (χ0n) is 11.7. The van der Waals surface area contributed by atoms with Crippen LogP contribution >= 0.6 is 0 Å². The van der Waals surface area contributed by atoms with Gasteiger partial charge < -0.3 is 15.6 Å². The molecule has 1 aromatic rings. The first-order valence-corrected chi connectivity index (χ1v) is 6.39. The van der Waals surface area contributed by atoms with Crippen LogP contribution in [-0.4, -0.2) is 47.6 Å². The van der Waals surface area contributed by atoms with Gasteiger partial charge in [-0.2, -0.15) is 0 Å². The number of para-hydroxylation sites is 1. The highest BCUT2D eigenvalue weighted by atomic mass is 16.5. The lowest BCUT2D eigenvalue weighted by molar-refractivity contribution is -0.119. The Morgan fingerprint density at radius 1 is 1.35 bits per heavy atom. The Morgan fingerprint density at radius 3 is 2.55 bits per heavy atom. The van der Waals surface area contributed by atoms with Gasteiger partial charge in [0.2, 0.25) is 5.91 Å². The normalized spacial score (nSPS) is 10.8. The van der Waals surface area contributed by atoms with Gasteiger partial charge >= 0.3 is 5.97 Å². The summed E-state index contributed by atoms with van der Waals surface area (Å²) in [6, 6.07) is 6.61. The van der Waals surface area contributed by atoms with Crippen LogP contribution in [0.25, 0.3) is 0 Å². The molecular formula is C14H20N2O4. The van der Waals surface area contributed by atoms with Crippen molar-refractivity contribution in [2.75, 3.05) is 19.7 Å². The van der Waals surface area contributed by atoms with E-state index in [1.54, 1.807) is 18.2 Å². The van der Waals surface area contributed by atoms with Gasteiger partial charge in [0.1, 0.15) is 17.9 Å². The Labute approximate surface area is 118 Å². The minimum Gasteiger partial charge on any atom is -0.491 e. The highest BCUT2D eigenvalue weighted by Crippen LogP contribution is 2.17. The number of carbonyl (C=O) groups is 2. The first kappa shape index (κ1) is 16.0. The monoisotopic (exact) mass is 280 g/mol. The van der Waals surface area contributed by atoms with Crippen LogP contribution in [0.5, 0.6) is 5.75 Å². The second-order valence-electron chi connectivity index (χ2n) is 4.68. The molecule has 0 saturated carbocycles. The minimum absolute atomic E-state index is 0.124. The number of carboxylic acids is 1. The number of ether oxygens (including phenoxy) is 1. The van der Waals surface area contributed by atoms with Crippen LogP contribution < -0.4 is 10.5 Å². The van der Waals surface area contributed by atoms with E-state index >= 15 is 0 Å². The summed E-state index contributed by atoms with van der Waals surface area (Å²) in [5.74, 6) is -1.11. The van der Waals surface area contributed by atoms with Crippen LogP contribution in [0.1, 0.15) is 24.2 Å². The van der Waals surface area contributed by atoms with Crippen LogP contribution in [0.3, 0.4) is 0 Å². The number of hydrogen-bond acceptors (Lipinski definition) is 4. The first-order valence-electron chi connectivity index (χ1n) is 6.39. The van der Waals surface area contributed by atoms with Crippen LogP contribution in [-0.2, 0) is 4.79 Å². The fourth-order valence-corrected chi connectivity index (χ4v) is 1.76. The second kappa shape index (κ2) is 7.49. The zero-order chi connectivity index (χ0) is 15.1. The van der Waals surface area contributed by atoms with Gasteiger partial charge in [0.15, 0.2) is 0 Å². The van der Waals surface area contributed by atoms with E-state index in [2.05, 4.69) is 0 Å². The van der Waals surface area contributed by atoms with Gasteiger partial charge in [0, 0.05) is 12.6 Å². The smallest absolute Gasteiger partial charge is 0.339 e. The maximum absolute atomic E-state index is 11.0. The summed E-state index contributed by atoms with van der Waals surface area (Å²) in [4.78, 5) is 23.8. The third-order valence-corrected chi connectivity index (χ3v) is 2.84. The molecule has 0 saturated heterocycles. The van der Waals surface area contributed by atoms with Crippen molar-refractivity contribution in [1.29, 1.82) is 0 Å². The maximum Gasteiger partial charge on any atom is 0.339 e. The summed E-state index contributed by atoms with van der Waals surface area (Å²) < 4.78 is 5.49. The summed E-state index contributed by atoms with van der Waals surface area (Å²) in [5, 5.41) is 9.03. The topological polar surface area (TPSA) is 92.9 Å². The fourth-order valence-electron chi connectivity index (χ4n) is 1.76. The molecule has 1 rings (SSSR count). The molecule has 0 aliphatic heterocycles. The molecule has 6 heteroatoms. The molecule has 1 aromatic carbocycles. The fraction of sp³-hybridized carbons (Fsp3) is 0.429. The molecule has 0 radical (unpaired) electrons. The number of hydrogen-bond donors (Lipinski definition) is 2. The lowest BCUT2D eigenvalue weighted by Crippen LogP contribution is -2.40. The minimum atomic E-state index is -1.03. The Balaban J connectivity index is 2.59. The highest BCUT2D eigenvalue weighted by molar-refractivity contribution is 5.90. The number of carbonyl (C=O) groups excluding carboxylic acids is 1. The van der Waals surface area contributed by atoms with Crippen molar-refractivity contribution in [2.24, 2.45) is 5.73 Å². The van der Waals surface area contributed by atoms with Crippen molar-refractivity contribution in [3.8, 4) is 5.75 Å². The standard InChI is InChI=1S/C14H20N2O4/c1-10(2)16(9-13(15)17)7-8-20-12-6-4-3-5-11(12)14(18)19/h3-6,10H,7-9H2,1-2H3,(H2,15,17)(H,18,19). The van der Waals surface area contributed by atoms with Gasteiger partial charge in [-0.15, -0.1) is 0 Å². The predicted octanol–water partition coefficient (Wildman–Crippen LogP) is 0.959. The van der Waals surface area contributed by atoms with Gasteiger partial charge in [-0.05, 0) is 26.0 Å². The van der Waals surface area contributed by atoms with Gasteiger partial charge in [-0.1, -0.05) is 12.1 Å². The van der Waals surface area contributed by atoms with Crippen molar-refractivity contribution in [3.05, 3.63) is 29.8 Å². The van der Waals surface area contributed by atoms with Crippen LogP contribution in [0.15, 0.2) is 24.3 Å².